The van der Waals surface area contributed by atoms with Crippen LogP contribution in [0.5, 0.6) is 0 Å². The topological polar surface area (TPSA) is 82.1 Å². The number of hydrogen-bond donors (Lipinski definition) is 1. The van der Waals surface area contributed by atoms with Gasteiger partial charge in [-0.05, 0) is 37.3 Å². The molecule has 3 rings (SSSR count). The quantitative estimate of drug-likeness (QED) is 0.497. The van der Waals surface area contributed by atoms with E-state index in [9.17, 15) is 9.59 Å². The molecule has 144 valence electrons. The number of hydrogen-bond acceptors (Lipinski definition) is 5. The molecule has 3 heterocycles. The lowest BCUT2D eigenvalue weighted by atomic mass is 10.2. The molecule has 3 aromatic rings. The molecule has 8 heteroatoms. The molecular weight excluding hydrogens is 364 g/mol. The van der Waals surface area contributed by atoms with Crippen molar-refractivity contribution >= 4 is 28.7 Å². The molecule has 0 unspecified atom stereocenters. The third-order valence-electron chi connectivity index (χ3n) is 4.25. The standard InChI is InChI=1S/C19H24N4O3S/c1-12(2)10-23-18(25)17-15(21-19(23)27-4)8-13(3)22(17)11-16(24)20-9-14-6-5-7-26-14/h5-8,12H,9-11H2,1-4H3,(H,20,24). The maximum Gasteiger partial charge on any atom is 0.278 e. The van der Waals surface area contributed by atoms with Crippen molar-refractivity contribution in [3.05, 3.63) is 46.3 Å². The second-order valence-corrected chi connectivity index (χ2v) is 7.64. The van der Waals surface area contributed by atoms with Gasteiger partial charge in [0.2, 0.25) is 5.91 Å². The molecule has 0 spiro atoms. The average Bonchev–Trinajstić information content (AvgIpc) is 3.23. The van der Waals surface area contributed by atoms with Crippen molar-refractivity contribution in [3.8, 4) is 0 Å². The Morgan fingerprint density at radius 3 is 2.78 bits per heavy atom. The molecule has 0 saturated heterocycles. The fraction of sp³-hybridized carbons (Fsp3) is 0.421. The maximum absolute atomic E-state index is 13.1. The zero-order chi connectivity index (χ0) is 19.6. The molecule has 7 nitrogen and oxygen atoms in total. The SMILES string of the molecule is CSc1nc2cc(C)n(CC(=O)NCc3ccco3)c2c(=O)n1CC(C)C. The van der Waals surface area contributed by atoms with E-state index in [-0.39, 0.29) is 18.0 Å². The molecule has 1 amide bonds. The summed E-state index contributed by atoms with van der Waals surface area (Å²) in [5, 5.41) is 3.51. The van der Waals surface area contributed by atoms with Crippen molar-refractivity contribution < 1.29 is 9.21 Å². The average molecular weight is 388 g/mol. The lowest BCUT2D eigenvalue weighted by molar-refractivity contribution is -0.121. The van der Waals surface area contributed by atoms with E-state index < -0.39 is 0 Å². The lowest BCUT2D eigenvalue weighted by Gasteiger charge is -2.14. The van der Waals surface area contributed by atoms with E-state index in [4.69, 9.17) is 4.42 Å². The van der Waals surface area contributed by atoms with Crippen LogP contribution in [0.3, 0.4) is 0 Å². The second-order valence-electron chi connectivity index (χ2n) is 6.87. The number of rotatable bonds is 7. The third-order valence-corrected chi connectivity index (χ3v) is 4.93. The zero-order valence-corrected chi connectivity index (χ0v) is 16.8. The number of thioether (sulfide) groups is 1. The zero-order valence-electron chi connectivity index (χ0n) is 16.0. The smallest absolute Gasteiger partial charge is 0.278 e. The highest BCUT2D eigenvalue weighted by Crippen LogP contribution is 2.19. The van der Waals surface area contributed by atoms with Crippen molar-refractivity contribution in [1.82, 2.24) is 19.4 Å². The van der Waals surface area contributed by atoms with Gasteiger partial charge in [-0.1, -0.05) is 25.6 Å². The van der Waals surface area contributed by atoms with Crippen molar-refractivity contribution in [1.29, 1.82) is 0 Å². The van der Waals surface area contributed by atoms with E-state index in [0.717, 1.165) is 5.69 Å². The minimum Gasteiger partial charge on any atom is -0.467 e. The van der Waals surface area contributed by atoms with Crippen molar-refractivity contribution in [2.24, 2.45) is 5.92 Å². The van der Waals surface area contributed by atoms with Crippen LogP contribution in [0.4, 0.5) is 0 Å². The van der Waals surface area contributed by atoms with Gasteiger partial charge < -0.3 is 14.3 Å². The van der Waals surface area contributed by atoms with E-state index in [1.54, 1.807) is 27.5 Å². The second kappa shape index (κ2) is 8.04. The minimum atomic E-state index is -0.184. The molecule has 0 atom stereocenters. The van der Waals surface area contributed by atoms with Crippen molar-refractivity contribution in [2.45, 2.75) is 45.6 Å². The number of amides is 1. The van der Waals surface area contributed by atoms with Gasteiger partial charge in [0, 0.05) is 12.2 Å². The van der Waals surface area contributed by atoms with Crippen LogP contribution in [0, 0.1) is 12.8 Å². The van der Waals surface area contributed by atoms with Crippen LogP contribution >= 0.6 is 11.8 Å². The first kappa shape index (κ1) is 19.3. The van der Waals surface area contributed by atoms with Crippen LogP contribution in [0.1, 0.15) is 25.3 Å². The predicted octanol–water partition coefficient (Wildman–Crippen LogP) is 2.79. The van der Waals surface area contributed by atoms with Crippen LogP contribution in [0.15, 0.2) is 38.8 Å². The summed E-state index contributed by atoms with van der Waals surface area (Å²) in [7, 11) is 0. The van der Waals surface area contributed by atoms with E-state index >= 15 is 0 Å². The summed E-state index contributed by atoms with van der Waals surface area (Å²) in [5.74, 6) is 0.813. The molecule has 0 saturated carbocycles. The summed E-state index contributed by atoms with van der Waals surface area (Å²) >= 11 is 1.45. The van der Waals surface area contributed by atoms with Crippen LogP contribution in [0.25, 0.3) is 11.0 Å². The van der Waals surface area contributed by atoms with E-state index in [2.05, 4.69) is 24.1 Å². The normalized spacial score (nSPS) is 11.4. The fourth-order valence-corrected chi connectivity index (χ4v) is 3.60. The van der Waals surface area contributed by atoms with Crippen LogP contribution in [-0.2, 0) is 24.4 Å². The van der Waals surface area contributed by atoms with E-state index in [1.165, 1.54) is 11.8 Å². The number of aryl methyl sites for hydroxylation is 1. The van der Waals surface area contributed by atoms with Crippen molar-refractivity contribution in [3.63, 3.8) is 0 Å². The number of nitrogens with one attached hydrogen (secondary N) is 1. The Bertz CT molecular complexity index is 1000. The molecule has 0 aliphatic rings. The lowest BCUT2D eigenvalue weighted by Crippen LogP contribution is -2.30. The van der Waals surface area contributed by atoms with Gasteiger partial charge >= 0.3 is 0 Å². The monoisotopic (exact) mass is 388 g/mol. The summed E-state index contributed by atoms with van der Waals surface area (Å²) in [4.78, 5) is 30.2. The molecule has 1 N–H and O–H groups in total. The molecule has 27 heavy (non-hydrogen) atoms. The van der Waals surface area contributed by atoms with Crippen molar-refractivity contribution in [2.75, 3.05) is 6.26 Å². The summed E-state index contributed by atoms with van der Waals surface area (Å²) in [5.41, 5.74) is 1.82. The Balaban J connectivity index is 1.94. The Kier molecular flexibility index (Phi) is 5.74. The Morgan fingerprint density at radius 1 is 1.37 bits per heavy atom. The first-order chi connectivity index (χ1) is 12.9. The molecular formula is C19H24N4O3S. The highest BCUT2D eigenvalue weighted by molar-refractivity contribution is 7.98. The first-order valence-corrected chi connectivity index (χ1v) is 10.1. The highest BCUT2D eigenvalue weighted by Gasteiger charge is 2.18. The molecule has 0 bridgehead atoms. The van der Waals surface area contributed by atoms with Gasteiger partial charge in [0.25, 0.3) is 5.56 Å². The molecule has 0 aliphatic carbocycles. The summed E-state index contributed by atoms with van der Waals surface area (Å²) < 4.78 is 8.67. The highest BCUT2D eigenvalue weighted by atomic mass is 32.2. The molecule has 0 fully saturated rings. The van der Waals surface area contributed by atoms with Crippen LogP contribution in [-0.4, -0.2) is 26.3 Å². The Labute approximate surface area is 161 Å². The minimum absolute atomic E-state index is 0.0628. The van der Waals surface area contributed by atoms with Gasteiger partial charge in [-0.2, -0.15) is 0 Å². The van der Waals surface area contributed by atoms with Gasteiger partial charge in [0.1, 0.15) is 17.8 Å². The number of carbonyl (C=O) groups excluding carboxylic acids is 1. The van der Waals surface area contributed by atoms with E-state index in [0.29, 0.717) is 41.0 Å². The number of carbonyl (C=O) groups is 1. The van der Waals surface area contributed by atoms with Gasteiger partial charge in [-0.25, -0.2) is 4.98 Å². The molecule has 0 radical (unpaired) electrons. The molecule has 3 aromatic heterocycles. The van der Waals surface area contributed by atoms with Crippen LogP contribution in [0.2, 0.25) is 0 Å². The van der Waals surface area contributed by atoms with Gasteiger partial charge in [-0.15, -0.1) is 0 Å². The fourth-order valence-electron chi connectivity index (χ4n) is 3.03. The molecule has 0 aromatic carbocycles. The summed E-state index contributed by atoms with van der Waals surface area (Å²) in [6, 6.07) is 5.43. The number of nitrogens with zero attached hydrogens (tertiary/aromatic N) is 3. The summed E-state index contributed by atoms with van der Waals surface area (Å²) in [6.07, 6.45) is 3.48. The van der Waals surface area contributed by atoms with Crippen LogP contribution < -0.4 is 10.9 Å². The Hall–Kier alpha value is -2.48. The first-order valence-electron chi connectivity index (χ1n) is 8.84. The largest absolute Gasteiger partial charge is 0.467 e. The summed E-state index contributed by atoms with van der Waals surface area (Å²) in [6.45, 7) is 6.98. The Morgan fingerprint density at radius 2 is 2.15 bits per heavy atom. The predicted molar refractivity (Wildman–Crippen MR) is 106 cm³/mol. The number of fused-ring (bicyclic) bond motifs is 1. The molecule has 0 aliphatic heterocycles. The number of furan rings is 1. The van der Waals surface area contributed by atoms with Gasteiger partial charge in [-0.3, -0.25) is 14.2 Å². The van der Waals surface area contributed by atoms with E-state index in [1.807, 2.05) is 19.2 Å². The van der Waals surface area contributed by atoms with Gasteiger partial charge in [0.15, 0.2) is 5.16 Å². The third kappa shape index (κ3) is 4.10. The number of aromatic nitrogens is 3. The maximum atomic E-state index is 13.1. The van der Waals surface area contributed by atoms with Gasteiger partial charge in [0.05, 0.1) is 18.3 Å².